The summed E-state index contributed by atoms with van der Waals surface area (Å²) in [5.74, 6) is -0.379. The largest absolute Gasteiger partial charge is 0.374 e. The van der Waals surface area contributed by atoms with Gasteiger partial charge >= 0.3 is 0 Å². The predicted molar refractivity (Wildman–Crippen MR) is 90.1 cm³/mol. The fourth-order valence-electron chi connectivity index (χ4n) is 2.66. The summed E-state index contributed by atoms with van der Waals surface area (Å²) in [6.07, 6.45) is 0.482. The molecule has 0 aliphatic carbocycles. The maximum atomic E-state index is 12.2. The molecule has 1 saturated heterocycles. The first kappa shape index (κ1) is 16.2. The molecule has 3 rings (SSSR count). The van der Waals surface area contributed by atoms with Crippen LogP contribution in [0, 0.1) is 0 Å². The van der Waals surface area contributed by atoms with Gasteiger partial charge in [0.05, 0.1) is 13.2 Å². The number of hydrogen-bond acceptors (Lipinski definition) is 3. The molecule has 124 valence electrons. The van der Waals surface area contributed by atoms with E-state index >= 15 is 0 Å². The number of carbonyl (C=O) groups excluding carboxylic acids is 2. The van der Waals surface area contributed by atoms with Gasteiger partial charge in [-0.3, -0.25) is 9.59 Å². The number of benzene rings is 2. The lowest BCUT2D eigenvalue weighted by Crippen LogP contribution is -2.63. The molecule has 0 aromatic heterocycles. The van der Waals surface area contributed by atoms with Crippen molar-refractivity contribution in [1.82, 2.24) is 10.6 Å². The van der Waals surface area contributed by atoms with Crippen LogP contribution in [-0.4, -0.2) is 30.5 Å². The van der Waals surface area contributed by atoms with E-state index in [1.54, 1.807) is 0 Å². The number of nitrogens with one attached hydrogen (secondary N) is 2. The summed E-state index contributed by atoms with van der Waals surface area (Å²) in [6, 6.07) is 18.2. The zero-order valence-electron chi connectivity index (χ0n) is 13.3. The van der Waals surface area contributed by atoms with E-state index < -0.39 is 12.1 Å². The number of rotatable bonds is 6. The lowest BCUT2D eigenvalue weighted by molar-refractivity contribution is -0.138. The van der Waals surface area contributed by atoms with Crippen LogP contribution in [-0.2, 0) is 27.4 Å². The van der Waals surface area contributed by atoms with Crippen molar-refractivity contribution in [3.05, 3.63) is 71.8 Å². The van der Waals surface area contributed by atoms with E-state index in [0.29, 0.717) is 13.0 Å². The highest BCUT2D eigenvalue weighted by Crippen LogP contribution is 2.08. The van der Waals surface area contributed by atoms with Crippen molar-refractivity contribution in [1.29, 1.82) is 0 Å². The Morgan fingerprint density at radius 1 is 0.750 bits per heavy atom. The maximum absolute atomic E-state index is 12.2. The third-order valence-electron chi connectivity index (χ3n) is 3.94. The lowest BCUT2D eigenvalue weighted by Gasteiger charge is -2.29. The molecule has 1 aliphatic rings. The molecule has 0 radical (unpaired) electrons. The van der Waals surface area contributed by atoms with Crippen molar-refractivity contribution in [2.75, 3.05) is 6.61 Å². The summed E-state index contributed by atoms with van der Waals surface area (Å²) in [6.45, 7) is 0.568. The van der Waals surface area contributed by atoms with Gasteiger partial charge in [0.2, 0.25) is 11.8 Å². The number of piperazine rings is 1. The molecule has 24 heavy (non-hydrogen) atoms. The van der Waals surface area contributed by atoms with Gasteiger partial charge < -0.3 is 15.4 Å². The highest BCUT2D eigenvalue weighted by Gasteiger charge is 2.33. The second-order valence-electron chi connectivity index (χ2n) is 5.81. The molecule has 0 bridgehead atoms. The molecule has 0 spiro atoms. The second kappa shape index (κ2) is 7.75. The van der Waals surface area contributed by atoms with Crippen LogP contribution in [0.1, 0.15) is 11.1 Å². The SMILES string of the molecule is O=C1N[C@H](Cc2ccccc2)C(=O)N[C@@H]1COCc1ccccc1. The van der Waals surface area contributed by atoms with Crippen LogP contribution in [0.2, 0.25) is 0 Å². The molecule has 2 N–H and O–H groups in total. The van der Waals surface area contributed by atoms with Gasteiger partial charge in [0.25, 0.3) is 0 Å². The maximum Gasteiger partial charge on any atom is 0.245 e. The van der Waals surface area contributed by atoms with E-state index in [1.807, 2.05) is 60.7 Å². The van der Waals surface area contributed by atoms with E-state index in [0.717, 1.165) is 11.1 Å². The molecule has 2 aromatic carbocycles. The Hall–Kier alpha value is -2.66. The van der Waals surface area contributed by atoms with Crippen LogP contribution in [0.15, 0.2) is 60.7 Å². The average molecular weight is 324 g/mol. The van der Waals surface area contributed by atoms with Crippen LogP contribution < -0.4 is 10.6 Å². The first-order valence-electron chi connectivity index (χ1n) is 7.99. The molecular weight excluding hydrogens is 304 g/mol. The Morgan fingerprint density at radius 3 is 1.96 bits per heavy atom. The van der Waals surface area contributed by atoms with E-state index in [9.17, 15) is 9.59 Å². The summed E-state index contributed by atoms with van der Waals surface area (Å²) >= 11 is 0. The third kappa shape index (κ3) is 4.20. The van der Waals surface area contributed by atoms with Crippen LogP contribution in [0.4, 0.5) is 0 Å². The van der Waals surface area contributed by atoms with Crippen LogP contribution in [0.25, 0.3) is 0 Å². The number of ether oxygens (including phenoxy) is 1. The number of amides is 2. The minimum absolute atomic E-state index is 0.157. The average Bonchev–Trinajstić information content (AvgIpc) is 2.61. The van der Waals surface area contributed by atoms with Crippen LogP contribution in [0.5, 0.6) is 0 Å². The van der Waals surface area contributed by atoms with E-state index in [4.69, 9.17) is 4.74 Å². The molecular formula is C19H20N2O3. The number of carbonyl (C=O) groups is 2. The van der Waals surface area contributed by atoms with Crippen molar-refractivity contribution >= 4 is 11.8 Å². The third-order valence-corrected chi connectivity index (χ3v) is 3.94. The first-order valence-corrected chi connectivity index (χ1v) is 7.99. The van der Waals surface area contributed by atoms with Crippen LogP contribution >= 0.6 is 0 Å². The molecule has 0 unspecified atom stereocenters. The molecule has 1 heterocycles. The molecule has 1 fully saturated rings. The van der Waals surface area contributed by atoms with Gasteiger partial charge in [-0.05, 0) is 11.1 Å². The van der Waals surface area contributed by atoms with Crippen molar-refractivity contribution in [3.63, 3.8) is 0 Å². The monoisotopic (exact) mass is 324 g/mol. The summed E-state index contributed by atoms with van der Waals surface area (Å²) in [5.41, 5.74) is 2.04. The Labute approximate surface area is 141 Å². The summed E-state index contributed by atoms with van der Waals surface area (Å²) < 4.78 is 5.56. The molecule has 5 heteroatoms. The topological polar surface area (TPSA) is 67.4 Å². The summed E-state index contributed by atoms with van der Waals surface area (Å²) in [5, 5.41) is 5.53. The Bertz CT molecular complexity index is 688. The van der Waals surface area contributed by atoms with Crippen molar-refractivity contribution in [3.8, 4) is 0 Å². The Kier molecular flexibility index (Phi) is 5.23. The van der Waals surface area contributed by atoms with Crippen molar-refractivity contribution < 1.29 is 14.3 Å². The Morgan fingerprint density at radius 2 is 1.29 bits per heavy atom. The molecule has 2 atom stereocenters. The van der Waals surface area contributed by atoms with E-state index in [2.05, 4.69) is 10.6 Å². The normalized spacial score (nSPS) is 20.3. The summed E-state index contributed by atoms with van der Waals surface area (Å²) in [4.78, 5) is 24.4. The smallest absolute Gasteiger partial charge is 0.245 e. The minimum Gasteiger partial charge on any atom is -0.374 e. The van der Waals surface area contributed by atoms with Gasteiger partial charge in [-0.25, -0.2) is 0 Å². The molecule has 5 nitrogen and oxygen atoms in total. The van der Waals surface area contributed by atoms with Gasteiger partial charge in [-0.2, -0.15) is 0 Å². The highest BCUT2D eigenvalue weighted by molar-refractivity contribution is 5.97. The zero-order valence-corrected chi connectivity index (χ0v) is 13.3. The van der Waals surface area contributed by atoms with Crippen LogP contribution in [0.3, 0.4) is 0 Å². The fraction of sp³-hybridized carbons (Fsp3) is 0.263. The fourth-order valence-corrected chi connectivity index (χ4v) is 2.66. The quantitative estimate of drug-likeness (QED) is 0.845. The lowest BCUT2D eigenvalue weighted by atomic mass is 10.0. The van der Waals surface area contributed by atoms with Crippen molar-refractivity contribution in [2.45, 2.75) is 25.1 Å². The van der Waals surface area contributed by atoms with Gasteiger partial charge in [0.15, 0.2) is 0 Å². The first-order chi connectivity index (χ1) is 11.7. The van der Waals surface area contributed by atoms with Gasteiger partial charge in [-0.15, -0.1) is 0 Å². The van der Waals surface area contributed by atoms with Gasteiger partial charge in [0, 0.05) is 6.42 Å². The predicted octanol–water partition coefficient (Wildman–Crippen LogP) is 1.43. The van der Waals surface area contributed by atoms with E-state index in [-0.39, 0.29) is 18.4 Å². The van der Waals surface area contributed by atoms with Crippen molar-refractivity contribution in [2.24, 2.45) is 0 Å². The number of hydrogen-bond donors (Lipinski definition) is 2. The molecule has 2 aromatic rings. The van der Waals surface area contributed by atoms with E-state index in [1.165, 1.54) is 0 Å². The zero-order chi connectivity index (χ0) is 16.8. The standard InChI is InChI=1S/C19H20N2O3/c22-18-16(11-14-7-3-1-4-8-14)20-19(23)17(21-18)13-24-12-15-9-5-2-6-10-15/h1-10,16-17H,11-13H2,(H,20,23)(H,21,22)/t16-,17-/m1/s1. The second-order valence-corrected chi connectivity index (χ2v) is 5.81. The van der Waals surface area contributed by atoms with Gasteiger partial charge in [0.1, 0.15) is 12.1 Å². The molecule has 1 aliphatic heterocycles. The Balaban J connectivity index is 1.50. The van der Waals surface area contributed by atoms with Gasteiger partial charge in [-0.1, -0.05) is 60.7 Å². The minimum atomic E-state index is -0.645. The molecule has 2 amide bonds. The molecule has 0 saturated carbocycles. The highest BCUT2D eigenvalue weighted by atomic mass is 16.5. The summed E-state index contributed by atoms with van der Waals surface area (Å²) in [7, 11) is 0.